The maximum atomic E-state index is 12.4. The number of para-hydroxylation sites is 1. The molecule has 164 valence electrons. The Bertz CT molecular complexity index is 790. The standard InChI is InChI=1S/C18H26ClN7O4/c19-13-6-3-4-7-14(13)24-17(28)15-10-12(11-22-15)23-16(27)8-2-1-5-9-21-18(20)25-26(29)30/h3-4,6-7,12,15,22H,1-2,5,8-11H2,(H,23,27)(H,24,28)(H3,20,21,25)/t12-,15-/m0/s1. The first kappa shape index (κ1) is 23.4. The van der Waals surface area contributed by atoms with Crippen LogP contribution in [-0.4, -0.2) is 48.0 Å². The Morgan fingerprint density at radius 1 is 1.30 bits per heavy atom. The predicted octanol–water partition coefficient (Wildman–Crippen LogP) is 0.782. The summed E-state index contributed by atoms with van der Waals surface area (Å²) in [5, 5.41) is 24.1. The molecule has 0 aliphatic carbocycles. The van der Waals surface area contributed by atoms with Crippen LogP contribution in [-0.2, 0) is 9.59 Å². The Balaban J connectivity index is 1.60. The number of unbranched alkanes of at least 4 members (excludes halogenated alkanes) is 2. The van der Waals surface area contributed by atoms with Crippen LogP contribution in [0.3, 0.4) is 0 Å². The van der Waals surface area contributed by atoms with Gasteiger partial charge in [-0.15, -0.1) is 0 Å². The van der Waals surface area contributed by atoms with Crippen LogP contribution in [0.1, 0.15) is 32.1 Å². The molecule has 1 fully saturated rings. The number of benzene rings is 1. The van der Waals surface area contributed by atoms with E-state index in [1.165, 1.54) is 0 Å². The van der Waals surface area contributed by atoms with Crippen LogP contribution in [0.2, 0.25) is 5.02 Å². The third-order valence-electron chi connectivity index (χ3n) is 4.52. The molecule has 30 heavy (non-hydrogen) atoms. The third kappa shape index (κ3) is 8.21. The van der Waals surface area contributed by atoms with E-state index in [4.69, 9.17) is 17.3 Å². The highest BCUT2D eigenvalue weighted by atomic mass is 35.5. The summed E-state index contributed by atoms with van der Waals surface area (Å²) in [6, 6.07) is 6.50. The summed E-state index contributed by atoms with van der Waals surface area (Å²) >= 11 is 6.05. The lowest BCUT2D eigenvalue weighted by Crippen LogP contribution is -2.36. The lowest BCUT2D eigenvalue weighted by Gasteiger charge is -2.13. The van der Waals surface area contributed by atoms with E-state index < -0.39 is 11.1 Å². The van der Waals surface area contributed by atoms with Crippen molar-refractivity contribution in [1.82, 2.24) is 16.0 Å². The van der Waals surface area contributed by atoms with Crippen LogP contribution in [0.25, 0.3) is 0 Å². The number of nitrogens with two attached hydrogens (primary N) is 1. The maximum absolute atomic E-state index is 12.4. The van der Waals surface area contributed by atoms with Crippen molar-refractivity contribution in [3.63, 3.8) is 0 Å². The van der Waals surface area contributed by atoms with E-state index in [1.807, 2.05) is 0 Å². The number of carbonyl (C=O) groups is 2. The van der Waals surface area contributed by atoms with Gasteiger partial charge in [0.05, 0.1) is 16.8 Å². The number of carbonyl (C=O) groups excluding carboxylic acids is 2. The molecule has 1 aliphatic rings. The van der Waals surface area contributed by atoms with Crippen LogP contribution in [0, 0.1) is 10.1 Å². The first-order valence-electron chi connectivity index (χ1n) is 9.65. The molecule has 1 aliphatic heterocycles. The summed E-state index contributed by atoms with van der Waals surface area (Å²) in [4.78, 5) is 34.6. The number of anilines is 1. The molecule has 0 spiro atoms. The lowest BCUT2D eigenvalue weighted by molar-refractivity contribution is -0.485. The van der Waals surface area contributed by atoms with Gasteiger partial charge in [-0.05, 0) is 31.4 Å². The highest BCUT2D eigenvalue weighted by molar-refractivity contribution is 6.33. The summed E-state index contributed by atoms with van der Waals surface area (Å²) in [5.41, 5.74) is 5.86. The third-order valence-corrected chi connectivity index (χ3v) is 4.85. The number of rotatable bonds is 10. The number of nitrogens with one attached hydrogen (secondary N) is 4. The second-order valence-corrected chi connectivity index (χ2v) is 7.30. The molecule has 2 rings (SSSR count). The fraction of sp³-hybridized carbons (Fsp3) is 0.500. The topological polar surface area (TPSA) is 164 Å². The zero-order valence-corrected chi connectivity index (χ0v) is 17.2. The predicted molar refractivity (Wildman–Crippen MR) is 114 cm³/mol. The van der Waals surface area contributed by atoms with Gasteiger partial charge in [-0.3, -0.25) is 9.59 Å². The van der Waals surface area contributed by atoms with Crippen molar-refractivity contribution in [1.29, 1.82) is 0 Å². The Kier molecular flexibility index (Phi) is 9.29. The van der Waals surface area contributed by atoms with Gasteiger partial charge >= 0.3 is 0 Å². The fourth-order valence-electron chi connectivity index (χ4n) is 3.05. The SMILES string of the molecule is N/C(=N\[N+](=O)[O-])NCCCCCC(=O)N[C@@H]1CN[C@H](C(=O)Nc2ccccc2Cl)C1. The van der Waals surface area contributed by atoms with Crippen molar-refractivity contribution >= 4 is 35.1 Å². The van der Waals surface area contributed by atoms with E-state index in [2.05, 4.69) is 26.4 Å². The second-order valence-electron chi connectivity index (χ2n) is 6.89. The molecule has 11 nitrogen and oxygen atoms in total. The number of hydrazone groups is 1. The van der Waals surface area contributed by atoms with Gasteiger partial charge in [0.25, 0.3) is 5.96 Å². The van der Waals surface area contributed by atoms with Crippen LogP contribution in [0.5, 0.6) is 0 Å². The number of nitrogens with zero attached hydrogens (tertiary/aromatic N) is 2. The molecule has 0 bridgehead atoms. The van der Waals surface area contributed by atoms with Crippen molar-refractivity contribution in [2.24, 2.45) is 10.8 Å². The largest absolute Gasteiger partial charge is 0.365 e. The van der Waals surface area contributed by atoms with Crippen molar-refractivity contribution in [2.45, 2.75) is 44.2 Å². The van der Waals surface area contributed by atoms with Gasteiger partial charge in [0.15, 0.2) is 5.03 Å². The number of hydrogen-bond acceptors (Lipinski definition) is 5. The molecule has 1 saturated heterocycles. The van der Waals surface area contributed by atoms with Crippen LogP contribution < -0.4 is 27.0 Å². The monoisotopic (exact) mass is 439 g/mol. The summed E-state index contributed by atoms with van der Waals surface area (Å²) in [5.74, 6) is -0.497. The van der Waals surface area contributed by atoms with E-state index in [1.54, 1.807) is 24.3 Å². The van der Waals surface area contributed by atoms with Crippen molar-refractivity contribution in [3.8, 4) is 0 Å². The lowest BCUT2D eigenvalue weighted by atomic mass is 10.1. The average molecular weight is 440 g/mol. The maximum Gasteiger partial charge on any atom is 0.266 e. The number of guanidine groups is 1. The molecule has 6 N–H and O–H groups in total. The van der Waals surface area contributed by atoms with Gasteiger partial charge in [-0.2, -0.15) is 0 Å². The first-order chi connectivity index (χ1) is 14.3. The average Bonchev–Trinajstić information content (AvgIpc) is 3.14. The van der Waals surface area contributed by atoms with Gasteiger partial charge in [0.2, 0.25) is 11.8 Å². The van der Waals surface area contributed by atoms with Crippen molar-refractivity contribution < 1.29 is 14.6 Å². The van der Waals surface area contributed by atoms with E-state index >= 15 is 0 Å². The van der Waals surface area contributed by atoms with Gasteiger partial charge in [-0.25, -0.2) is 10.1 Å². The van der Waals surface area contributed by atoms with Crippen LogP contribution in [0.15, 0.2) is 29.4 Å². The highest BCUT2D eigenvalue weighted by Gasteiger charge is 2.30. The summed E-state index contributed by atoms with van der Waals surface area (Å²) in [6.07, 6.45) is 3.01. The van der Waals surface area contributed by atoms with Crippen LogP contribution >= 0.6 is 11.6 Å². The second kappa shape index (κ2) is 11.9. The fourth-order valence-corrected chi connectivity index (χ4v) is 3.24. The first-order valence-corrected chi connectivity index (χ1v) is 10.0. The molecule has 1 aromatic rings. The zero-order valence-electron chi connectivity index (χ0n) is 16.4. The number of nitro groups is 1. The van der Waals surface area contributed by atoms with E-state index in [-0.39, 0.29) is 23.8 Å². The Morgan fingerprint density at radius 3 is 2.80 bits per heavy atom. The smallest absolute Gasteiger partial charge is 0.266 e. The van der Waals surface area contributed by atoms with E-state index in [9.17, 15) is 19.7 Å². The van der Waals surface area contributed by atoms with Gasteiger partial charge in [-0.1, -0.05) is 30.2 Å². The Labute approximate surface area is 178 Å². The molecule has 0 radical (unpaired) electrons. The molecular formula is C18H26ClN7O4. The minimum absolute atomic E-state index is 0.0728. The van der Waals surface area contributed by atoms with Gasteiger partial charge in [0.1, 0.15) is 5.10 Å². The number of amides is 2. The van der Waals surface area contributed by atoms with Crippen molar-refractivity contribution in [2.75, 3.05) is 18.4 Å². The van der Waals surface area contributed by atoms with Crippen LogP contribution in [0.4, 0.5) is 5.69 Å². The quantitative estimate of drug-likeness (QED) is 0.118. The number of halogens is 1. The normalized spacial score (nSPS) is 18.6. The molecule has 2 amide bonds. The molecule has 2 atom stereocenters. The molecule has 0 aromatic heterocycles. The molecule has 12 heteroatoms. The minimum Gasteiger partial charge on any atom is -0.365 e. The van der Waals surface area contributed by atoms with E-state index in [0.717, 1.165) is 6.42 Å². The molecule has 1 heterocycles. The van der Waals surface area contributed by atoms with Gasteiger partial charge in [0, 0.05) is 25.6 Å². The molecule has 1 aromatic carbocycles. The Hall–Kier alpha value is -2.92. The van der Waals surface area contributed by atoms with Crippen molar-refractivity contribution in [3.05, 3.63) is 39.4 Å². The minimum atomic E-state index is -0.866. The highest BCUT2D eigenvalue weighted by Crippen LogP contribution is 2.21. The molecule has 0 unspecified atom stereocenters. The molecular weight excluding hydrogens is 414 g/mol. The van der Waals surface area contributed by atoms with Gasteiger partial charge < -0.3 is 27.0 Å². The zero-order chi connectivity index (χ0) is 21.9. The summed E-state index contributed by atoms with van der Waals surface area (Å²) < 4.78 is 0. The molecule has 0 saturated carbocycles. The Morgan fingerprint density at radius 2 is 2.07 bits per heavy atom. The summed E-state index contributed by atoms with van der Waals surface area (Å²) in [6.45, 7) is 0.963. The summed E-state index contributed by atoms with van der Waals surface area (Å²) in [7, 11) is 0. The van der Waals surface area contributed by atoms with E-state index in [0.29, 0.717) is 49.5 Å². The number of hydrogen-bond donors (Lipinski definition) is 5.